The van der Waals surface area contributed by atoms with Crippen molar-refractivity contribution in [3.8, 4) is 0 Å². The minimum atomic E-state index is -0.531. The van der Waals surface area contributed by atoms with E-state index in [9.17, 15) is 9.59 Å². The van der Waals surface area contributed by atoms with Gasteiger partial charge in [-0.1, -0.05) is 60.7 Å². The summed E-state index contributed by atoms with van der Waals surface area (Å²) < 4.78 is 10.6. The summed E-state index contributed by atoms with van der Waals surface area (Å²) in [5.74, 6) is 0.788. The van der Waals surface area contributed by atoms with Crippen LogP contribution in [0.3, 0.4) is 0 Å². The molecule has 0 bridgehead atoms. The molecule has 1 N–H and O–H groups in total. The van der Waals surface area contributed by atoms with E-state index in [1.807, 2.05) is 66.7 Å². The summed E-state index contributed by atoms with van der Waals surface area (Å²) in [7, 11) is 0. The van der Waals surface area contributed by atoms with E-state index < -0.39 is 6.09 Å². The molecule has 3 aromatic rings. The zero-order chi connectivity index (χ0) is 22.9. The lowest BCUT2D eigenvalue weighted by Gasteiger charge is -2.34. The Kier molecular flexibility index (Phi) is 7.37. The Labute approximate surface area is 192 Å². The van der Waals surface area contributed by atoms with Gasteiger partial charge in [0.25, 0.3) is 0 Å². The average molecular weight is 447 g/mol. The summed E-state index contributed by atoms with van der Waals surface area (Å²) >= 11 is 0. The first-order valence-electron chi connectivity index (χ1n) is 10.8. The van der Waals surface area contributed by atoms with Crippen LogP contribution < -0.4 is 10.2 Å². The zero-order valence-electron chi connectivity index (χ0n) is 18.2. The number of carbonyl (C=O) groups excluding carboxylic acids is 2. The molecule has 1 saturated heterocycles. The van der Waals surface area contributed by atoms with Crippen LogP contribution in [0.1, 0.15) is 11.1 Å². The van der Waals surface area contributed by atoms with Gasteiger partial charge in [-0.15, -0.1) is 0 Å². The van der Waals surface area contributed by atoms with Crippen molar-refractivity contribution < 1.29 is 19.1 Å². The second-order valence-electron chi connectivity index (χ2n) is 7.61. The molecule has 4 rings (SSSR count). The number of pyridine rings is 1. The van der Waals surface area contributed by atoms with E-state index in [1.165, 1.54) is 0 Å². The molecule has 2 aromatic carbocycles. The van der Waals surface area contributed by atoms with Gasteiger partial charge in [0.15, 0.2) is 0 Å². The maximum atomic E-state index is 12.3. The summed E-state index contributed by atoms with van der Waals surface area (Å²) in [6.07, 6.45) is 0.760. The molecular formula is C25H26N4O4. The number of benzene rings is 2. The third-order valence-electron chi connectivity index (χ3n) is 5.27. The molecule has 1 aromatic heterocycles. The second-order valence-corrected chi connectivity index (χ2v) is 7.61. The molecule has 1 fully saturated rings. The van der Waals surface area contributed by atoms with Crippen LogP contribution in [-0.2, 0) is 22.7 Å². The number of nitrogens with one attached hydrogen (secondary N) is 1. The van der Waals surface area contributed by atoms with Crippen molar-refractivity contribution in [1.82, 2.24) is 9.88 Å². The Morgan fingerprint density at radius 1 is 0.788 bits per heavy atom. The molecule has 0 saturated carbocycles. The minimum Gasteiger partial charge on any atom is -0.445 e. The van der Waals surface area contributed by atoms with Gasteiger partial charge >= 0.3 is 12.2 Å². The van der Waals surface area contributed by atoms with Crippen molar-refractivity contribution in [2.45, 2.75) is 13.2 Å². The molecule has 1 aliphatic rings. The summed E-state index contributed by atoms with van der Waals surface area (Å²) in [4.78, 5) is 32.6. The van der Waals surface area contributed by atoms with Crippen LogP contribution in [0.5, 0.6) is 0 Å². The number of hydrogen-bond donors (Lipinski definition) is 1. The smallest absolute Gasteiger partial charge is 0.412 e. The lowest BCUT2D eigenvalue weighted by atomic mass is 10.2. The summed E-state index contributed by atoms with van der Waals surface area (Å²) in [6.45, 7) is 2.89. The van der Waals surface area contributed by atoms with Gasteiger partial charge in [0.05, 0.1) is 11.9 Å². The lowest BCUT2D eigenvalue weighted by molar-refractivity contribution is 0.0941. The van der Waals surface area contributed by atoms with Crippen LogP contribution in [0.4, 0.5) is 21.1 Å². The summed E-state index contributed by atoms with van der Waals surface area (Å²) in [6, 6.07) is 22.7. The van der Waals surface area contributed by atoms with Crippen LogP contribution in [0.15, 0.2) is 79.0 Å². The van der Waals surface area contributed by atoms with Gasteiger partial charge in [0.1, 0.15) is 19.0 Å². The molecule has 0 unspecified atom stereocenters. The number of carbonyl (C=O) groups is 2. The van der Waals surface area contributed by atoms with E-state index in [4.69, 9.17) is 9.47 Å². The average Bonchev–Trinajstić information content (AvgIpc) is 2.88. The zero-order valence-corrected chi connectivity index (χ0v) is 18.2. The fourth-order valence-electron chi connectivity index (χ4n) is 3.45. The van der Waals surface area contributed by atoms with Gasteiger partial charge in [-0.05, 0) is 23.3 Å². The van der Waals surface area contributed by atoms with Gasteiger partial charge in [-0.2, -0.15) is 0 Å². The number of anilines is 2. The quantitative estimate of drug-likeness (QED) is 0.608. The molecule has 8 nitrogen and oxygen atoms in total. The Morgan fingerprint density at radius 3 is 1.97 bits per heavy atom. The van der Waals surface area contributed by atoms with Gasteiger partial charge in [0, 0.05) is 26.2 Å². The first kappa shape index (κ1) is 22.1. The van der Waals surface area contributed by atoms with E-state index in [1.54, 1.807) is 17.2 Å². The van der Waals surface area contributed by atoms with Crippen LogP contribution in [0.25, 0.3) is 0 Å². The molecule has 170 valence electrons. The number of ether oxygens (including phenoxy) is 2. The maximum Gasteiger partial charge on any atom is 0.412 e. The standard InChI is InChI=1S/C25H26N4O4/c30-24(32-18-20-7-3-1-4-8-20)27-22-11-12-23(26-17-22)28-13-15-29(16-14-28)25(31)33-19-21-9-5-2-6-10-21/h1-12,17H,13-16,18-19H2,(H,27,30). The fourth-order valence-corrected chi connectivity index (χ4v) is 3.45. The predicted octanol–water partition coefficient (Wildman–Crippen LogP) is 4.29. The van der Waals surface area contributed by atoms with Crippen molar-refractivity contribution in [1.29, 1.82) is 0 Å². The molecule has 0 atom stereocenters. The highest BCUT2D eigenvalue weighted by Crippen LogP contribution is 2.17. The van der Waals surface area contributed by atoms with Crippen molar-refractivity contribution in [2.75, 3.05) is 36.4 Å². The number of hydrogen-bond acceptors (Lipinski definition) is 6. The Balaban J connectivity index is 1.20. The van der Waals surface area contributed by atoms with Gasteiger partial charge in [-0.25, -0.2) is 14.6 Å². The second kappa shape index (κ2) is 11.0. The molecule has 2 heterocycles. The van der Waals surface area contributed by atoms with Crippen molar-refractivity contribution in [2.24, 2.45) is 0 Å². The molecule has 8 heteroatoms. The highest BCUT2D eigenvalue weighted by atomic mass is 16.6. The molecule has 33 heavy (non-hydrogen) atoms. The Bertz CT molecular complexity index is 1040. The van der Waals surface area contributed by atoms with Gasteiger partial charge in [-0.3, -0.25) is 5.32 Å². The van der Waals surface area contributed by atoms with Crippen LogP contribution >= 0.6 is 0 Å². The third-order valence-corrected chi connectivity index (χ3v) is 5.27. The Morgan fingerprint density at radius 2 is 1.39 bits per heavy atom. The Hall–Kier alpha value is -4.07. The molecule has 2 amide bonds. The van der Waals surface area contributed by atoms with Crippen LogP contribution in [0.2, 0.25) is 0 Å². The first-order chi connectivity index (χ1) is 16.2. The monoisotopic (exact) mass is 446 g/mol. The van der Waals surface area contributed by atoms with E-state index in [0.29, 0.717) is 31.9 Å². The molecule has 0 spiro atoms. The maximum absolute atomic E-state index is 12.3. The predicted molar refractivity (Wildman–Crippen MR) is 125 cm³/mol. The van der Waals surface area contributed by atoms with Crippen molar-refractivity contribution >= 4 is 23.7 Å². The molecule has 0 aliphatic carbocycles. The third kappa shape index (κ3) is 6.46. The topological polar surface area (TPSA) is 84.0 Å². The number of piperazine rings is 1. The molecule has 1 aliphatic heterocycles. The fraction of sp³-hybridized carbons (Fsp3) is 0.240. The van der Waals surface area contributed by atoms with E-state index >= 15 is 0 Å². The van der Waals surface area contributed by atoms with E-state index in [-0.39, 0.29) is 19.3 Å². The largest absolute Gasteiger partial charge is 0.445 e. The van der Waals surface area contributed by atoms with Crippen molar-refractivity contribution in [3.63, 3.8) is 0 Å². The van der Waals surface area contributed by atoms with Crippen LogP contribution in [-0.4, -0.2) is 48.2 Å². The van der Waals surface area contributed by atoms with E-state index in [2.05, 4.69) is 15.2 Å². The molecule has 0 radical (unpaired) electrons. The highest BCUT2D eigenvalue weighted by Gasteiger charge is 2.23. The van der Waals surface area contributed by atoms with Crippen LogP contribution in [0, 0.1) is 0 Å². The lowest BCUT2D eigenvalue weighted by Crippen LogP contribution is -2.49. The summed E-state index contributed by atoms with van der Waals surface area (Å²) in [5.41, 5.74) is 2.44. The number of nitrogens with zero attached hydrogens (tertiary/aromatic N) is 3. The highest BCUT2D eigenvalue weighted by molar-refractivity contribution is 5.84. The van der Waals surface area contributed by atoms with Gasteiger partial charge in [0.2, 0.25) is 0 Å². The summed E-state index contributed by atoms with van der Waals surface area (Å²) in [5, 5.41) is 2.68. The van der Waals surface area contributed by atoms with E-state index in [0.717, 1.165) is 16.9 Å². The first-order valence-corrected chi connectivity index (χ1v) is 10.8. The number of rotatable bonds is 6. The minimum absolute atomic E-state index is 0.205. The van der Waals surface area contributed by atoms with Crippen molar-refractivity contribution in [3.05, 3.63) is 90.1 Å². The number of aromatic nitrogens is 1. The SMILES string of the molecule is O=C(Nc1ccc(N2CCN(C(=O)OCc3ccccc3)CC2)nc1)OCc1ccccc1. The molecular weight excluding hydrogens is 420 g/mol. The number of amides is 2. The van der Waals surface area contributed by atoms with Gasteiger partial charge < -0.3 is 19.3 Å². The normalized spacial score (nSPS) is 13.3.